The Hall–Kier alpha value is -1.68. The Morgan fingerprint density at radius 2 is 1.87 bits per heavy atom. The fourth-order valence-electron chi connectivity index (χ4n) is 2.97. The second-order valence-electron chi connectivity index (χ2n) is 6.67. The molecular formula is C19H25NO3. The summed E-state index contributed by atoms with van der Waals surface area (Å²) in [4.78, 5) is 26.1. The zero-order valence-electron chi connectivity index (χ0n) is 13.6. The third-order valence-corrected chi connectivity index (χ3v) is 4.65. The Morgan fingerprint density at radius 1 is 1.09 bits per heavy atom. The van der Waals surface area contributed by atoms with Crippen molar-refractivity contribution >= 4 is 11.7 Å². The number of carbonyl (C=O) groups is 2. The predicted molar refractivity (Wildman–Crippen MR) is 88.3 cm³/mol. The van der Waals surface area contributed by atoms with Crippen LogP contribution in [-0.4, -0.2) is 42.4 Å². The van der Waals surface area contributed by atoms with Gasteiger partial charge < -0.3 is 9.64 Å². The van der Waals surface area contributed by atoms with Crippen LogP contribution in [0.5, 0.6) is 0 Å². The van der Waals surface area contributed by atoms with Crippen molar-refractivity contribution in [2.45, 2.75) is 44.6 Å². The molecule has 1 atom stereocenters. The predicted octanol–water partition coefficient (Wildman–Crippen LogP) is 3.07. The highest BCUT2D eigenvalue weighted by molar-refractivity contribution is 5.96. The van der Waals surface area contributed by atoms with Gasteiger partial charge in [-0.3, -0.25) is 9.59 Å². The van der Waals surface area contributed by atoms with E-state index in [1.165, 1.54) is 12.8 Å². The molecule has 4 heteroatoms. The molecule has 0 bridgehead atoms. The van der Waals surface area contributed by atoms with E-state index in [-0.39, 0.29) is 17.8 Å². The molecule has 1 aromatic rings. The molecule has 2 fully saturated rings. The van der Waals surface area contributed by atoms with Crippen molar-refractivity contribution in [3.8, 4) is 0 Å². The first-order valence-corrected chi connectivity index (χ1v) is 8.70. The van der Waals surface area contributed by atoms with Crippen molar-refractivity contribution < 1.29 is 14.3 Å². The van der Waals surface area contributed by atoms with Gasteiger partial charge in [-0.25, -0.2) is 0 Å². The molecule has 1 heterocycles. The summed E-state index contributed by atoms with van der Waals surface area (Å²) in [5.41, 5.74) is 0.731. The van der Waals surface area contributed by atoms with Crippen LogP contribution in [0.25, 0.3) is 0 Å². The monoisotopic (exact) mass is 315 g/mol. The van der Waals surface area contributed by atoms with Gasteiger partial charge >= 0.3 is 0 Å². The van der Waals surface area contributed by atoms with E-state index >= 15 is 0 Å². The Labute approximate surface area is 137 Å². The maximum Gasteiger partial charge on any atom is 0.222 e. The Kier molecular flexibility index (Phi) is 5.44. The molecule has 1 amide bonds. The second-order valence-corrected chi connectivity index (χ2v) is 6.67. The van der Waals surface area contributed by atoms with Gasteiger partial charge in [0.15, 0.2) is 5.78 Å². The van der Waals surface area contributed by atoms with Gasteiger partial charge in [-0.05, 0) is 31.6 Å². The standard InChI is InChI=1S/C19H25NO3/c21-18(16-5-2-1-3-6-16)7-4-8-19(22)20-12-11-17(13-20)23-14-15-9-10-15/h1-3,5-6,15,17H,4,7-14H2/t17-/m0/s1. The topological polar surface area (TPSA) is 46.6 Å². The number of carbonyl (C=O) groups excluding carboxylic acids is 2. The van der Waals surface area contributed by atoms with E-state index in [0.717, 1.165) is 37.6 Å². The lowest BCUT2D eigenvalue weighted by Gasteiger charge is -2.16. The van der Waals surface area contributed by atoms with Crippen LogP contribution in [0.2, 0.25) is 0 Å². The zero-order valence-corrected chi connectivity index (χ0v) is 13.6. The number of hydrogen-bond acceptors (Lipinski definition) is 3. The molecule has 0 aromatic heterocycles. The van der Waals surface area contributed by atoms with E-state index in [1.807, 2.05) is 35.2 Å². The first-order chi connectivity index (χ1) is 11.2. The van der Waals surface area contributed by atoms with Crippen LogP contribution in [0.1, 0.15) is 48.9 Å². The Bertz CT molecular complexity index is 539. The van der Waals surface area contributed by atoms with Gasteiger partial charge in [-0.15, -0.1) is 0 Å². The molecule has 1 aliphatic carbocycles. The first-order valence-electron chi connectivity index (χ1n) is 8.70. The molecule has 1 aliphatic heterocycles. The SMILES string of the molecule is O=C(CCCC(=O)N1CC[C@H](OCC2CC2)C1)c1ccccc1. The van der Waals surface area contributed by atoms with Gasteiger partial charge in [0.2, 0.25) is 5.91 Å². The molecule has 3 rings (SSSR count). The number of rotatable bonds is 8. The van der Waals surface area contributed by atoms with E-state index in [2.05, 4.69) is 0 Å². The van der Waals surface area contributed by atoms with Gasteiger partial charge in [0.25, 0.3) is 0 Å². The van der Waals surface area contributed by atoms with Crippen LogP contribution < -0.4 is 0 Å². The maximum absolute atomic E-state index is 12.2. The van der Waals surface area contributed by atoms with Crippen LogP contribution in [0.15, 0.2) is 30.3 Å². The summed E-state index contributed by atoms with van der Waals surface area (Å²) in [6, 6.07) is 9.28. The number of ketones is 1. The number of nitrogens with zero attached hydrogens (tertiary/aromatic N) is 1. The molecule has 0 N–H and O–H groups in total. The van der Waals surface area contributed by atoms with Crippen molar-refractivity contribution in [3.05, 3.63) is 35.9 Å². The Balaban J connectivity index is 1.34. The normalized spacial score (nSPS) is 20.7. The lowest BCUT2D eigenvalue weighted by molar-refractivity contribution is -0.130. The number of Topliss-reactive ketones (excluding diaryl/α,β-unsaturated/α-hetero) is 1. The van der Waals surface area contributed by atoms with E-state index in [4.69, 9.17) is 4.74 Å². The van der Waals surface area contributed by atoms with Gasteiger partial charge in [-0.2, -0.15) is 0 Å². The summed E-state index contributed by atoms with van der Waals surface area (Å²) in [6.45, 7) is 2.37. The highest BCUT2D eigenvalue weighted by Gasteiger charge is 2.29. The van der Waals surface area contributed by atoms with Crippen molar-refractivity contribution in [2.24, 2.45) is 5.92 Å². The molecule has 0 radical (unpaired) electrons. The van der Waals surface area contributed by atoms with Gasteiger partial charge in [0, 0.05) is 38.1 Å². The van der Waals surface area contributed by atoms with Crippen molar-refractivity contribution in [1.82, 2.24) is 4.90 Å². The summed E-state index contributed by atoms with van der Waals surface area (Å²) in [7, 11) is 0. The van der Waals surface area contributed by atoms with Gasteiger partial charge in [-0.1, -0.05) is 30.3 Å². The number of ether oxygens (including phenoxy) is 1. The number of hydrogen-bond donors (Lipinski definition) is 0. The summed E-state index contributed by atoms with van der Waals surface area (Å²) >= 11 is 0. The molecule has 0 spiro atoms. The molecule has 0 unspecified atom stereocenters. The Morgan fingerprint density at radius 3 is 2.61 bits per heavy atom. The van der Waals surface area contributed by atoms with Gasteiger partial charge in [0.05, 0.1) is 6.10 Å². The first kappa shape index (κ1) is 16.2. The van der Waals surface area contributed by atoms with Crippen LogP contribution in [0, 0.1) is 5.92 Å². The number of benzene rings is 1. The average Bonchev–Trinajstić information content (AvgIpc) is 3.29. The quantitative estimate of drug-likeness (QED) is 0.693. The maximum atomic E-state index is 12.2. The van der Waals surface area contributed by atoms with Crippen LogP contribution >= 0.6 is 0 Å². The highest BCUT2D eigenvalue weighted by Crippen LogP contribution is 2.30. The molecule has 1 saturated carbocycles. The molecule has 124 valence electrons. The minimum absolute atomic E-state index is 0.116. The number of likely N-dealkylation sites (tertiary alicyclic amines) is 1. The van der Waals surface area contributed by atoms with Crippen LogP contribution in [0.3, 0.4) is 0 Å². The zero-order chi connectivity index (χ0) is 16.1. The lowest BCUT2D eigenvalue weighted by Crippen LogP contribution is -2.30. The van der Waals surface area contributed by atoms with Crippen molar-refractivity contribution in [1.29, 1.82) is 0 Å². The summed E-state index contributed by atoms with van der Waals surface area (Å²) in [6.07, 6.45) is 5.26. The molecular weight excluding hydrogens is 290 g/mol. The van der Waals surface area contributed by atoms with Gasteiger partial charge in [0.1, 0.15) is 0 Å². The largest absolute Gasteiger partial charge is 0.376 e. The fraction of sp³-hybridized carbons (Fsp3) is 0.579. The molecule has 2 aliphatic rings. The smallest absolute Gasteiger partial charge is 0.222 e. The van der Waals surface area contributed by atoms with E-state index < -0.39 is 0 Å². The number of amides is 1. The van der Waals surface area contributed by atoms with Crippen LogP contribution in [-0.2, 0) is 9.53 Å². The molecule has 1 saturated heterocycles. The van der Waals surface area contributed by atoms with Crippen molar-refractivity contribution in [3.63, 3.8) is 0 Å². The fourth-order valence-corrected chi connectivity index (χ4v) is 2.97. The third-order valence-electron chi connectivity index (χ3n) is 4.65. The summed E-state index contributed by atoms with van der Waals surface area (Å²) < 4.78 is 5.86. The van der Waals surface area contributed by atoms with E-state index in [1.54, 1.807) is 0 Å². The molecule has 4 nitrogen and oxygen atoms in total. The lowest BCUT2D eigenvalue weighted by atomic mass is 10.1. The molecule has 1 aromatic carbocycles. The van der Waals surface area contributed by atoms with E-state index in [0.29, 0.717) is 19.3 Å². The van der Waals surface area contributed by atoms with E-state index in [9.17, 15) is 9.59 Å². The highest BCUT2D eigenvalue weighted by atomic mass is 16.5. The van der Waals surface area contributed by atoms with Crippen molar-refractivity contribution in [2.75, 3.05) is 19.7 Å². The summed E-state index contributed by atoms with van der Waals surface area (Å²) in [5, 5.41) is 0. The second kappa shape index (κ2) is 7.73. The summed E-state index contributed by atoms with van der Waals surface area (Å²) in [5.74, 6) is 1.04. The van der Waals surface area contributed by atoms with Crippen LogP contribution in [0.4, 0.5) is 0 Å². The third kappa shape index (κ3) is 4.90. The minimum Gasteiger partial charge on any atom is -0.376 e. The molecule has 23 heavy (non-hydrogen) atoms. The average molecular weight is 315 g/mol. The minimum atomic E-state index is 0.116.